The maximum Gasteiger partial charge on any atom is 0.231 e. The van der Waals surface area contributed by atoms with E-state index in [2.05, 4.69) is 0 Å². The zero-order valence-corrected chi connectivity index (χ0v) is 8.60. The minimum Gasteiger partial charge on any atom is -0.454 e. The Morgan fingerprint density at radius 1 is 1.40 bits per heavy atom. The molecule has 15 heavy (non-hydrogen) atoms. The summed E-state index contributed by atoms with van der Waals surface area (Å²) in [7, 11) is 0. The number of rotatable bonds is 4. The summed E-state index contributed by atoms with van der Waals surface area (Å²) < 4.78 is 15.5. The monoisotopic (exact) mass is 210 g/mol. The van der Waals surface area contributed by atoms with Gasteiger partial charge in [0.2, 0.25) is 6.79 Å². The molecule has 1 atom stereocenters. The molecule has 2 rings (SSSR count). The van der Waals surface area contributed by atoms with Crippen molar-refractivity contribution in [1.29, 1.82) is 0 Å². The van der Waals surface area contributed by atoms with E-state index in [1.165, 1.54) is 0 Å². The summed E-state index contributed by atoms with van der Waals surface area (Å²) in [6.07, 6.45) is -0.612. The summed E-state index contributed by atoms with van der Waals surface area (Å²) >= 11 is 0. The van der Waals surface area contributed by atoms with Gasteiger partial charge in [0.05, 0.1) is 6.61 Å². The van der Waals surface area contributed by atoms with Crippen molar-refractivity contribution in [2.24, 2.45) is 0 Å². The van der Waals surface area contributed by atoms with Crippen molar-refractivity contribution < 1.29 is 19.3 Å². The molecule has 4 heteroatoms. The molecule has 0 fully saturated rings. The lowest BCUT2D eigenvalue weighted by Gasteiger charge is -2.11. The molecule has 1 N–H and O–H groups in total. The molecule has 0 spiro atoms. The molecule has 1 aromatic carbocycles. The van der Waals surface area contributed by atoms with Gasteiger partial charge in [-0.2, -0.15) is 0 Å². The van der Waals surface area contributed by atoms with Crippen LogP contribution in [0.3, 0.4) is 0 Å². The lowest BCUT2D eigenvalue weighted by Crippen LogP contribution is -2.06. The quantitative estimate of drug-likeness (QED) is 0.817. The molecule has 1 heterocycles. The van der Waals surface area contributed by atoms with Gasteiger partial charge >= 0.3 is 0 Å². The third-order valence-electron chi connectivity index (χ3n) is 2.26. The fraction of sp³-hybridized carbons (Fsp3) is 0.455. The number of ether oxygens (including phenoxy) is 3. The highest BCUT2D eigenvalue weighted by atomic mass is 16.7. The van der Waals surface area contributed by atoms with E-state index in [1.807, 2.05) is 13.0 Å². The Morgan fingerprint density at radius 2 is 2.20 bits per heavy atom. The van der Waals surface area contributed by atoms with Crippen LogP contribution in [-0.4, -0.2) is 25.1 Å². The standard InChI is InChI=1S/C11H14O4/c1-2-13-6-9(12)8-3-4-10-11(5-8)15-7-14-10/h3-5,9,12H,2,6-7H2,1H3. The average Bonchev–Trinajstić information content (AvgIpc) is 2.72. The Labute approximate surface area is 88.4 Å². The summed E-state index contributed by atoms with van der Waals surface area (Å²) in [6, 6.07) is 5.40. The summed E-state index contributed by atoms with van der Waals surface area (Å²) in [6.45, 7) is 3.05. The average molecular weight is 210 g/mol. The topological polar surface area (TPSA) is 47.9 Å². The number of benzene rings is 1. The van der Waals surface area contributed by atoms with Gasteiger partial charge in [-0.15, -0.1) is 0 Å². The first-order valence-corrected chi connectivity index (χ1v) is 4.96. The molecular weight excluding hydrogens is 196 g/mol. The minimum absolute atomic E-state index is 0.250. The van der Waals surface area contributed by atoms with Gasteiger partial charge in [-0.3, -0.25) is 0 Å². The maximum atomic E-state index is 9.76. The maximum absolute atomic E-state index is 9.76. The van der Waals surface area contributed by atoms with E-state index in [0.717, 1.165) is 11.3 Å². The van der Waals surface area contributed by atoms with E-state index >= 15 is 0 Å². The van der Waals surface area contributed by atoms with Gasteiger partial charge in [-0.1, -0.05) is 6.07 Å². The molecule has 0 aliphatic carbocycles. The van der Waals surface area contributed by atoms with Crippen LogP contribution in [0.15, 0.2) is 18.2 Å². The van der Waals surface area contributed by atoms with Crippen LogP contribution in [-0.2, 0) is 4.74 Å². The van der Waals surface area contributed by atoms with E-state index < -0.39 is 6.10 Å². The molecule has 1 aromatic rings. The van der Waals surface area contributed by atoms with E-state index in [-0.39, 0.29) is 6.79 Å². The first-order valence-electron chi connectivity index (χ1n) is 4.96. The van der Waals surface area contributed by atoms with Crippen LogP contribution in [0.2, 0.25) is 0 Å². The molecule has 1 aliphatic rings. The Bertz CT molecular complexity index is 337. The SMILES string of the molecule is CCOCC(O)c1ccc2c(c1)OCO2. The summed E-state index contributed by atoms with van der Waals surface area (Å²) in [5, 5.41) is 9.76. The second-order valence-electron chi connectivity index (χ2n) is 3.29. The van der Waals surface area contributed by atoms with Gasteiger partial charge in [0, 0.05) is 6.61 Å². The van der Waals surface area contributed by atoms with Crippen molar-refractivity contribution in [3.05, 3.63) is 23.8 Å². The van der Waals surface area contributed by atoms with Crippen molar-refractivity contribution >= 4 is 0 Å². The number of fused-ring (bicyclic) bond motifs is 1. The summed E-state index contributed by atoms with van der Waals surface area (Å²) in [5.41, 5.74) is 0.785. The van der Waals surface area contributed by atoms with Crippen LogP contribution in [0.25, 0.3) is 0 Å². The second kappa shape index (κ2) is 4.51. The minimum atomic E-state index is -0.612. The molecule has 0 aromatic heterocycles. The largest absolute Gasteiger partial charge is 0.454 e. The van der Waals surface area contributed by atoms with Crippen molar-refractivity contribution in [2.45, 2.75) is 13.0 Å². The van der Waals surface area contributed by atoms with Crippen LogP contribution in [0.5, 0.6) is 11.5 Å². The molecule has 82 valence electrons. The summed E-state index contributed by atoms with van der Waals surface area (Å²) in [5.74, 6) is 1.41. The lowest BCUT2D eigenvalue weighted by atomic mass is 10.1. The number of aliphatic hydroxyl groups is 1. The predicted octanol–water partition coefficient (Wildman–Crippen LogP) is 1.49. The normalized spacial score (nSPS) is 15.3. The fourth-order valence-electron chi connectivity index (χ4n) is 1.45. The first kappa shape index (κ1) is 10.3. The number of hydrogen-bond acceptors (Lipinski definition) is 4. The first-order chi connectivity index (χ1) is 7.31. The van der Waals surface area contributed by atoms with Crippen LogP contribution >= 0.6 is 0 Å². The molecular formula is C11H14O4. The van der Waals surface area contributed by atoms with Crippen molar-refractivity contribution in [3.8, 4) is 11.5 Å². The molecule has 0 bridgehead atoms. The lowest BCUT2D eigenvalue weighted by molar-refractivity contribution is 0.0419. The highest BCUT2D eigenvalue weighted by molar-refractivity contribution is 5.45. The van der Waals surface area contributed by atoms with Crippen molar-refractivity contribution in [3.63, 3.8) is 0 Å². The van der Waals surface area contributed by atoms with E-state index in [0.29, 0.717) is 19.0 Å². The molecule has 1 aliphatic heterocycles. The Balaban J connectivity index is 2.08. The van der Waals surface area contributed by atoms with Gasteiger partial charge in [0.15, 0.2) is 11.5 Å². The number of hydrogen-bond donors (Lipinski definition) is 1. The third kappa shape index (κ3) is 2.22. The fourth-order valence-corrected chi connectivity index (χ4v) is 1.45. The zero-order chi connectivity index (χ0) is 10.7. The van der Waals surface area contributed by atoms with Gasteiger partial charge in [0.25, 0.3) is 0 Å². The number of aliphatic hydroxyl groups excluding tert-OH is 1. The Kier molecular flexibility index (Phi) is 3.08. The molecule has 0 radical (unpaired) electrons. The van der Waals surface area contributed by atoms with E-state index in [9.17, 15) is 5.11 Å². The van der Waals surface area contributed by atoms with Crippen LogP contribution in [0, 0.1) is 0 Å². The second-order valence-corrected chi connectivity index (χ2v) is 3.29. The highest BCUT2D eigenvalue weighted by Gasteiger charge is 2.16. The molecule has 1 unspecified atom stereocenters. The zero-order valence-electron chi connectivity index (χ0n) is 8.60. The van der Waals surface area contributed by atoms with Gasteiger partial charge in [-0.05, 0) is 24.6 Å². The summed E-state index contributed by atoms with van der Waals surface area (Å²) in [4.78, 5) is 0. The van der Waals surface area contributed by atoms with Crippen LogP contribution in [0.4, 0.5) is 0 Å². The Morgan fingerprint density at radius 3 is 3.00 bits per heavy atom. The smallest absolute Gasteiger partial charge is 0.231 e. The van der Waals surface area contributed by atoms with E-state index in [4.69, 9.17) is 14.2 Å². The van der Waals surface area contributed by atoms with Crippen LogP contribution < -0.4 is 9.47 Å². The highest BCUT2D eigenvalue weighted by Crippen LogP contribution is 2.34. The molecule has 0 saturated heterocycles. The van der Waals surface area contributed by atoms with Gasteiger partial charge in [-0.25, -0.2) is 0 Å². The Hall–Kier alpha value is -1.26. The van der Waals surface area contributed by atoms with Crippen molar-refractivity contribution in [2.75, 3.05) is 20.0 Å². The molecule has 0 amide bonds. The van der Waals surface area contributed by atoms with Crippen LogP contribution in [0.1, 0.15) is 18.6 Å². The van der Waals surface area contributed by atoms with E-state index in [1.54, 1.807) is 12.1 Å². The van der Waals surface area contributed by atoms with Crippen molar-refractivity contribution in [1.82, 2.24) is 0 Å². The van der Waals surface area contributed by atoms with Gasteiger partial charge in [0.1, 0.15) is 6.10 Å². The predicted molar refractivity (Wildman–Crippen MR) is 54.0 cm³/mol. The molecule has 0 saturated carbocycles. The third-order valence-corrected chi connectivity index (χ3v) is 2.26. The van der Waals surface area contributed by atoms with Gasteiger partial charge < -0.3 is 19.3 Å². The molecule has 4 nitrogen and oxygen atoms in total.